The van der Waals surface area contributed by atoms with E-state index in [0.29, 0.717) is 0 Å². The molecular weight excluding hydrogens is 206 g/mol. The largest absolute Gasteiger partial charge is 0.491 e. The van der Waals surface area contributed by atoms with Gasteiger partial charge in [-0.25, -0.2) is 0 Å². The van der Waals surface area contributed by atoms with Crippen LogP contribution in [0.3, 0.4) is 0 Å². The van der Waals surface area contributed by atoms with Crippen molar-refractivity contribution < 1.29 is 14.7 Å². The maximum Gasteiger partial charge on any atom is 0.146 e. The Morgan fingerprint density at radius 2 is 1.94 bits per heavy atom. The Morgan fingerprint density at radius 3 is 2.56 bits per heavy atom. The van der Waals surface area contributed by atoms with Gasteiger partial charge in [0.25, 0.3) is 0 Å². The average molecular weight is 223 g/mol. The summed E-state index contributed by atoms with van der Waals surface area (Å²) in [5, 5.41) is 13.2. The zero-order valence-corrected chi connectivity index (χ0v) is 9.59. The molecule has 0 aliphatic heterocycles. The molecule has 0 aliphatic carbocycles. The second-order valence-corrected chi connectivity index (χ2v) is 3.61. The Bertz CT molecular complexity index is 320. The zero-order chi connectivity index (χ0) is 11.8. The molecule has 1 aromatic carbocycles. The first-order valence-electron chi connectivity index (χ1n) is 5.17. The van der Waals surface area contributed by atoms with Crippen LogP contribution in [0.5, 0.6) is 5.75 Å². The average Bonchev–Trinajstić information content (AvgIpc) is 2.27. The summed E-state index contributed by atoms with van der Waals surface area (Å²) < 4.78 is 5.35. The van der Waals surface area contributed by atoms with E-state index in [1.807, 2.05) is 44.2 Å². The normalized spacial score (nSPS) is 11.7. The third-order valence-electron chi connectivity index (χ3n) is 1.70. The van der Waals surface area contributed by atoms with E-state index in [1.165, 1.54) is 0 Å². The molecular formula is C12H17NO3. The van der Waals surface area contributed by atoms with E-state index in [-0.39, 0.29) is 13.2 Å². The highest BCUT2D eigenvalue weighted by Gasteiger charge is 2.05. The molecule has 0 amide bonds. The number of hydrogen-bond donors (Lipinski definition) is 1. The van der Waals surface area contributed by atoms with E-state index in [1.54, 1.807) is 0 Å². The summed E-state index contributed by atoms with van der Waals surface area (Å²) >= 11 is 0. The molecule has 88 valence electrons. The molecule has 0 aromatic heterocycles. The van der Waals surface area contributed by atoms with E-state index in [0.717, 1.165) is 11.5 Å². The molecule has 0 saturated heterocycles. The number of oxime groups is 1. The molecule has 16 heavy (non-hydrogen) atoms. The number of aliphatic hydroxyl groups excluding tert-OH is 1. The van der Waals surface area contributed by atoms with Crippen molar-refractivity contribution in [2.24, 2.45) is 5.16 Å². The van der Waals surface area contributed by atoms with Crippen LogP contribution >= 0.6 is 0 Å². The second-order valence-electron chi connectivity index (χ2n) is 3.61. The number of hydrogen-bond acceptors (Lipinski definition) is 4. The van der Waals surface area contributed by atoms with Crippen LogP contribution in [0.4, 0.5) is 0 Å². The van der Waals surface area contributed by atoms with Gasteiger partial charge in [-0.1, -0.05) is 23.4 Å². The molecule has 0 radical (unpaired) electrons. The summed E-state index contributed by atoms with van der Waals surface area (Å²) in [7, 11) is 0. The van der Waals surface area contributed by atoms with Gasteiger partial charge in [-0.3, -0.25) is 0 Å². The van der Waals surface area contributed by atoms with Crippen LogP contribution in [-0.2, 0) is 4.84 Å². The minimum Gasteiger partial charge on any atom is -0.491 e. The molecule has 1 N–H and O–H groups in total. The highest BCUT2D eigenvalue weighted by molar-refractivity contribution is 5.78. The highest BCUT2D eigenvalue weighted by Crippen LogP contribution is 2.08. The van der Waals surface area contributed by atoms with Crippen molar-refractivity contribution in [3.05, 3.63) is 30.3 Å². The van der Waals surface area contributed by atoms with Gasteiger partial charge < -0.3 is 14.7 Å². The summed E-state index contributed by atoms with van der Waals surface area (Å²) in [4.78, 5) is 4.90. The van der Waals surface area contributed by atoms with E-state index in [4.69, 9.17) is 9.57 Å². The van der Waals surface area contributed by atoms with Crippen LogP contribution in [-0.4, -0.2) is 30.1 Å². The second kappa shape index (κ2) is 6.85. The van der Waals surface area contributed by atoms with Gasteiger partial charge in [-0.15, -0.1) is 0 Å². The Kier molecular flexibility index (Phi) is 5.36. The van der Waals surface area contributed by atoms with Crippen molar-refractivity contribution in [2.75, 3.05) is 13.2 Å². The maximum absolute atomic E-state index is 9.50. The Balaban J connectivity index is 2.20. The number of aliphatic hydroxyl groups is 1. The summed E-state index contributed by atoms with van der Waals surface area (Å²) in [5.74, 6) is 0.733. The third-order valence-corrected chi connectivity index (χ3v) is 1.70. The van der Waals surface area contributed by atoms with Crippen LogP contribution in [0.2, 0.25) is 0 Å². The van der Waals surface area contributed by atoms with Gasteiger partial charge in [-0.2, -0.15) is 0 Å². The summed E-state index contributed by atoms with van der Waals surface area (Å²) in [6.07, 6.45) is -0.677. The first kappa shape index (κ1) is 12.5. The van der Waals surface area contributed by atoms with Gasteiger partial charge in [0.2, 0.25) is 0 Å². The number of benzene rings is 1. The van der Waals surface area contributed by atoms with E-state index < -0.39 is 6.10 Å². The minimum absolute atomic E-state index is 0.137. The molecule has 4 nitrogen and oxygen atoms in total. The summed E-state index contributed by atoms with van der Waals surface area (Å²) in [6, 6.07) is 9.33. The molecule has 0 fully saturated rings. The van der Waals surface area contributed by atoms with Crippen LogP contribution in [0.1, 0.15) is 13.8 Å². The Morgan fingerprint density at radius 1 is 1.25 bits per heavy atom. The fourth-order valence-corrected chi connectivity index (χ4v) is 1.01. The fourth-order valence-electron chi connectivity index (χ4n) is 1.01. The molecule has 1 unspecified atom stereocenters. The summed E-state index contributed by atoms with van der Waals surface area (Å²) in [6.45, 7) is 3.99. The smallest absolute Gasteiger partial charge is 0.146 e. The Labute approximate surface area is 95.5 Å². The van der Waals surface area contributed by atoms with Gasteiger partial charge in [-0.05, 0) is 26.0 Å². The van der Waals surface area contributed by atoms with Crippen LogP contribution in [0.25, 0.3) is 0 Å². The molecule has 0 bridgehead atoms. The third kappa shape index (κ3) is 5.36. The van der Waals surface area contributed by atoms with Crippen molar-refractivity contribution in [3.8, 4) is 5.75 Å². The molecule has 0 saturated carbocycles. The van der Waals surface area contributed by atoms with Crippen LogP contribution in [0.15, 0.2) is 35.5 Å². The lowest BCUT2D eigenvalue weighted by atomic mass is 10.3. The lowest BCUT2D eigenvalue weighted by Crippen LogP contribution is -2.22. The molecule has 1 atom stereocenters. The number of nitrogens with zero attached hydrogens (tertiary/aromatic N) is 1. The molecule has 1 rings (SSSR count). The van der Waals surface area contributed by atoms with E-state index in [9.17, 15) is 5.11 Å². The van der Waals surface area contributed by atoms with Crippen molar-refractivity contribution in [2.45, 2.75) is 20.0 Å². The molecule has 0 heterocycles. The first-order valence-corrected chi connectivity index (χ1v) is 5.17. The Hall–Kier alpha value is -1.55. The quantitative estimate of drug-likeness (QED) is 0.591. The van der Waals surface area contributed by atoms with Crippen molar-refractivity contribution in [1.29, 1.82) is 0 Å². The maximum atomic E-state index is 9.50. The standard InChI is InChI=1S/C12H17NO3/c1-10(2)13-16-9-11(14)8-15-12-6-4-3-5-7-12/h3-7,11,14H,8-9H2,1-2H3. The van der Waals surface area contributed by atoms with E-state index >= 15 is 0 Å². The molecule has 4 heteroatoms. The van der Waals surface area contributed by atoms with Crippen molar-refractivity contribution >= 4 is 5.71 Å². The number of para-hydroxylation sites is 1. The first-order chi connectivity index (χ1) is 7.68. The van der Waals surface area contributed by atoms with Crippen molar-refractivity contribution in [3.63, 3.8) is 0 Å². The molecule has 0 aliphatic rings. The van der Waals surface area contributed by atoms with E-state index in [2.05, 4.69) is 5.16 Å². The van der Waals surface area contributed by atoms with Gasteiger partial charge in [0, 0.05) is 0 Å². The minimum atomic E-state index is -0.677. The van der Waals surface area contributed by atoms with Crippen LogP contribution in [0, 0.1) is 0 Å². The highest BCUT2D eigenvalue weighted by atomic mass is 16.6. The molecule has 1 aromatic rings. The van der Waals surface area contributed by atoms with Crippen LogP contribution < -0.4 is 4.74 Å². The van der Waals surface area contributed by atoms with Gasteiger partial charge >= 0.3 is 0 Å². The topological polar surface area (TPSA) is 51.0 Å². The lowest BCUT2D eigenvalue weighted by molar-refractivity contribution is 0.0142. The lowest BCUT2D eigenvalue weighted by Gasteiger charge is -2.11. The van der Waals surface area contributed by atoms with Crippen molar-refractivity contribution in [1.82, 2.24) is 0 Å². The monoisotopic (exact) mass is 223 g/mol. The predicted molar refractivity (Wildman–Crippen MR) is 62.7 cm³/mol. The number of rotatable bonds is 6. The van der Waals surface area contributed by atoms with Gasteiger partial charge in [0.05, 0.1) is 5.71 Å². The SMILES string of the molecule is CC(C)=NOCC(O)COc1ccccc1. The summed E-state index contributed by atoms with van der Waals surface area (Å²) in [5.41, 5.74) is 0.816. The van der Waals surface area contributed by atoms with Gasteiger partial charge in [0.1, 0.15) is 25.1 Å². The number of ether oxygens (including phenoxy) is 1. The van der Waals surface area contributed by atoms with Gasteiger partial charge in [0.15, 0.2) is 0 Å². The molecule has 0 spiro atoms. The zero-order valence-electron chi connectivity index (χ0n) is 9.59. The predicted octanol–water partition coefficient (Wildman–Crippen LogP) is 1.84. The fraction of sp³-hybridized carbons (Fsp3) is 0.417.